The first-order chi connectivity index (χ1) is 10.5. The molecule has 0 radical (unpaired) electrons. The Kier molecular flexibility index (Phi) is 4.59. The zero-order valence-electron chi connectivity index (χ0n) is 13.6. The summed E-state index contributed by atoms with van der Waals surface area (Å²) in [6.07, 6.45) is 0.673. The quantitative estimate of drug-likeness (QED) is 0.776. The summed E-state index contributed by atoms with van der Waals surface area (Å²) in [5.41, 5.74) is 0.302. The Morgan fingerprint density at radius 1 is 1.48 bits per heavy atom. The summed E-state index contributed by atoms with van der Waals surface area (Å²) in [5.74, 6) is -1.22. The number of nitrogens with zero attached hydrogens (tertiary/aromatic N) is 3. The van der Waals surface area contributed by atoms with Gasteiger partial charge in [-0.25, -0.2) is 0 Å². The molecule has 0 N–H and O–H groups in total. The van der Waals surface area contributed by atoms with Crippen molar-refractivity contribution in [3.63, 3.8) is 0 Å². The van der Waals surface area contributed by atoms with Gasteiger partial charge in [-0.2, -0.15) is 18.3 Å². The maximum Gasteiger partial charge on any atom is 0.409 e. The molecule has 1 amide bonds. The molecule has 128 valence electrons. The number of carbonyl (C=O) groups is 1. The van der Waals surface area contributed by atoms with E-state index in [4.69, 9.17) is 0 Å². The molecule has 4 nitrogen and oxygen atoms in total. The second kappa shape index (κ2) is 6.02. The summed E-state index contributed by atoms with van der Waals surface area (Å²) in [7, 11) is 0. The largest absolute Gasteiger partial charge is 0.409 e. The Balaban J connectivity index is 2.27. The summed E-state index contributed by atoms with van der Waals surface area (Å²) in [6, 6.07) is -1.76. The van der Waals surface area contributed by atoms with Crippen LogP contribution >= 0.6 is 0 Å². The van der Waals surface area contributed by atoms with E-state index in [-0.39, 0.29) is 12.1 Å². The minimum Gasteiger partial charge on any atom is -0.322 e. The van der Waals surface area contributed by atoms with Crippen molar-refractivity contribution in [3.8, 4) is 0 Å². The van der Waals surface area contributed by atoms with E-state index in [1.807, 2.05) is 20.8 Å². The predicted molar refractivity (Wildman–Crippen MR) is 80.5 cm³/mol. The van der Waals surface area contributed by atoms with Gasteiger partial charge in [0.25, 0.3) is 0 Å². The molecule has 0 spiro atoms. The van der Waals surface area contributed by atoms with Crippen LogP contribution in [0.3, 0.4) is 0 Å². The standard InChI is InChI=1S/C16H22F3N3O/c1-5-13(23)21(14(12-6-7-12)16(17,18)19)9-11-8-20-22(10-11)15(2,3)4/h5,8,10,12,14H,1,6-7,9H2,2-4H3. The lowest BCUT2D eigenvalue weighted by Crippen LogP contribution is -2.49. The maximum atomic E-state index is 13.4. The van der Waals surface area contributed by atoms with E-state index in [0.29, 0.717) is 18.4 Å². The first kappa shape index (κ1) is 17.6. The van der Waals surface area contributed by atoms with Crippen LogP contribution in [0.15, 0.2) is 25.0 Å². The van der Waals surface area contributed by atoms with Crippen LogP contribution in [-0.4, -0.2) is 32.8 Å². The molecule has 0 saturated heterocycles. The second-order valence-corrected chi connectivity index (χ2v) is 6.96. The van der Waals surface area contributed by atoms with Crippen molar-refractivity contribution < 1.29 is 18.0 Å². The van der Waals surface area contributed by atoms with E-state index in [9.17, 15) is 18.0 Å². The Hall–Kier alpha value is -1.79. The third-order valence-electron chi connectivity index (χ3n) is 3.87. The summed E-state index contributed by atoms with van der Waals surface area (Å²) in [5, 5.41) is 4.18. The Labute approximate surface area is 134 Å². The lowest BCUT2D eigenvalue weighted by Gasteiger charge is -2.32. The van der Waals surface area contributed by atoms with Crippen LogP contribution in [0.25, 0.3) is 0 Å². The highest BCUT2D eigenvalue weighted by Crippen LogP contribution is 2.43. The van der Waals surface area contributed by atoms with Gasteiger partial charge in [-0.15, -0.1) is 0 Å². The van der Waals surface area contributed by atoms with Gasteiger partial charge in [0.05, 0.1) is 11.7 Å². The van der Waals surface area contributed by atoms with Crippen molar-refractivity contribution in [3.05, 3.63) is 30.6 Å². The lowest BCUT2D eigenvalue weighted by atomic mass is 10.1. The van der Waals surface area contributed by atoms with Crippen LogP contribution < -0.4 is 0 Å². The number of hydrogen-bond donors (Lipinski definition) is 0. The fourth-order valence-corrected chi connectivity index (χ4v) is 2.55. The van der Waals surface area contributed by atoms with Gasteiger partial charge in [0.2, 0.25) is 5.91 Å². The molecule has 1 heterocycles. The van der Waals surface area contributed by atoms with Gasteiger partial charge in [0, 0.05) is 18.3 Å². The number of hydrogen-bond acceptors (Lipinski definition) is 2. The molecule has 1 aromatic heterocycles. The third-order valence-corrected chi connectivity index (χ3v) is 3.87. The van der Waals surface area contributed by atoms with Gasteiger partial charge < -0.3 is 4.90 Å². The molecule has 1 aliphatic rings. The van der Waals surface area contributed by atoms with E-state index in [2.05, 4.69) is 11.7 Å². The van der Waals surface area contributed by atoms with Crippen molar-refractivity contribution in [1.82, 2.24) is 14.7 Å². The molecule has 7 heteroatoms. The average Bonchev–Trinajstić information content (AvgIpc) is 3.10. The molecular formula is C16H22F3N3O. The van der Waals surface area contributed by atoms with Crippen LogP contribution in [0.4, 0.5) is 13.2 Å². The Bertz CT molecular complexity index is 582. The predicted octanol–water partition coefficient (Wildman–Crippen LogP) is 3.49. The summed E-state index contributed by atoms with van der Waals surface area (Å²) in [4.78, 5) is 12.9. The number of aromatic nitrogens is 2. The maximum absolute atomic E-state index is 13.4. The molecule has 1 unspecified atom stereocenters. The van der Waals surface area contributed by atoms with Gasteiger partial charge in [0.15, 0.2) is 0 Å². The topological polar surface area (TPSA) is 38.1 Å². The van der Waals surface area contributed by atoms with E-state index in [1.165, 1.54) is 6.20 Å². The summed E-state index contributed by atoms with van der Waals surface area (Å²) in [6.45, 7) is 9.04. The monoisotopic (exact) mass is 329 g/mol. The van der Waals surface area contributed by atoms with Gasteiger partial charge in [-0.1, -0.05) is 6.58 Å². The zero-order valence-corrected chi connectivity index (χ0v) is 13.6. The Morgan fingerprint density at radius 3 is 2.48 bits per heavy atom. The SMILES string of the molecule is C=CC(=O)N(Cc1cnn(C(C)(C)C)c1)C(C1CC1)C(F)(F)F. The van der Waals surface area contributed by atoms with Gasteiger partial charge >= 0.3 is 6.18 Å². The molecule has 2 rings (SSSR count). The van der Waals surface area contributed by atoms with Crippen molar-refractivity contribution >= 4 is 5.91 Å². The number of amides is 1. The Morgan fingerprint density at radius 2 is 2.09 bits per heavy atom. The minimum absolute atomic E-state index is 0.123. The third kappa shape index (κ3) is 4.14. The molecule has 0 aliphatic heterocycles. The van der Waals surface area contributed by atoms with E-state index in [0.717, 1.165) is 11.0 Å². The fraction of sp³-hybridized carbons (Fsp3) is 0.625. The number of alkyl halides is 3. The van der Waals surface area contributed by atoms with Crippen molar-refractivity contribution in [2.24, 2.45) is 5.92 Å². The van der Waals surface area contributed by atoms with Crippen molar-refractivity contribution in [2.45, 2.75) is 57.9 Å². The van der Waals surface area contributed by atoms with Crippen LogP contribution in [0.1, 0.15) is 39.2 Å². The number of halogens is 3. The van der Waals surface area contributed by atoms with Crippen LogP contribution in [0, 0.1) is 5.92 Å². The molecule has 23 heavy (non-hydrogen) atoms. The van der Waals surface area contributed by atoms with Crippen LogP contribution in [-0.2, 0) is 16.9 Å². The molecular weight excluding hydrogens is 307 g/mol. The van der Waals surface area contributed by atoms with E-state index in [1.54, 1.807) is 10.9 Å². The van der Waals surface area contributed by atoms with Crippen molar-refractivity contribution in [2.75, 3.05) is 0 Å². The van der Waals surface area contributed by atoms with Crippen molar-refractivity contribution in [1.29, 1.82) is 0 Å². The smallest absolute Gasteiger partial charge is 0.322 e. The molecule has 1 aliphatic carbocycles. The lowest BCUT2D eigenvalue weighted by molar-refractivity contribution is -0.194. The normalized spacial score (nSPS) is 17.0. The minimum atomic E-state index is -4.44. The number of carbonyl (C=O) groups excluding carboxylic acids is 1. The fourth-order valence-electron chi connectivity index (χ4n) is 2.55. The molecule has 1 saturated carbocycles. The number of rotatable bonds is 5. The highest BCUT2D eigenvalue weighted by molar-refractivity contribution is 5.87. The van der Waals surface area contributed by atoms with Crippen LogP contribution in [0.2, 0.25) is 0 Å². The zero-order chi connectivity index (χ0) is 17.4. The van der Waals surface area contributed by atoms with Crippen LogP contribution in [0.5, 0.6) is 0 Å². The molecule has 1 atom stereocenters. The van der Waals surface area contributed by atoms with E-state index >= 15 is 0 Å². The first-order valence-corrected chi connectivity index (χ1v) is 7.58. The van der Waals surface area contributed by atoms with Gasteiger partial charge in [-0.05, 0) is 45.6 Å². The van der Waals surface area contributed by atoms with E-state index < -0.39 is 24.0 Å². The molecule has 0 bridgehead atoms. The summed E-state index contributed by atoms with van der Waals surface area (Å²) >= 11 is 0. The summed E-state index contributed by atoms with van der Waals surface area (Å²) < 4.78 is 41.9. The molecule has 0 aromatic carbocycles. The van der Waals surface area contributed by atoms with Gasteiger partial charge in [0.1, 0.15) is 6.04 Å². The van der Waals surface area contributed by atoms with Gasteiger partial charge in [-0.3, -0.25) is 9.48 Å². The second-order valence-electron chi connectivity index (χ2n) is 6.96. The molecule has 1 aromatic rings. The highest BCUT2D eigenvalue weighted by atomic mass is 19.4. The molecule has 1 fully saturated rings. The highest BCUT2D eigenvalue weighted by Gasteiger charge is 2.53. The average molecular weight is 329 g/mol. The first-order valence-electron chi connectivity index (χ1n) is 7.58.